The van der Waals surface area contributed by atoms with Crippen molar-refractivity contribution in [3.8, 4) is 5.75 Å². The van der Waals surface area contributed by atoms with Crippen LogP contribution in [-0.2, 0) is 4.79 Å². The number of carboxylic acids is 1. The molecular formula is C11H14O4. The van der Waals surface area contributed by atoms with Crippen LogP contribution in [0.1, 0.15) is 23.7 Å². The zero-order chi connectivity index (χ0) is 11.4. The molecule has 0 amide bonds. The van der Waals surface area contributed by atoms with Crippen molar-refractivity contribution in [2.24, 2.45) is 0 Å². The Morgan fingerprint density at radius 1 is 1.53 bits per heavy atom. The minimum atomic E-state index is -1.02. The monoisotopic (exact) mass is 210 g/mol. The molecule has 0 saturated carbocycles. The SMILES string of the molecule is COc1ccc(C(O)CC(=O)O)c(C)c1. The van der Waals surface area contributed by atoms with Crippen molar-refractivity contribution in [2.45, 2.75) is 19.4 Å². The van der Waals surface area contributed by atoms with Gasteiger partial charge in [0.05, 0.1) is 19.6 Å². The summed E-state index contributed by atoms with van der Waals surface area (Å²) in [6.07, 6.45) is -1.25. The molecule has 2 N–H and O–H groups in total. The van der Waals surface area contributed by atoms with Crippen molar-refractivity contribution < 1.29 is 19.7 Å². The summed E-state index contributed by atoms with van der Waals surface area (Å²) < 4.78 is 5.01. The number of carbonyl (C=O) groups is 1. The number of aliphatic carboxylic acids is 1. The first-order valence-corrected chi connectivity index (χ1v) is 4.59. The molecule has 82 valence electrons. The summed E-state index contributed by atoms with van der Waals surface area (Å²) in [5.74, 6) is -0.323. The Morgan fingerprint density at radius 3 is 2.67 bits per heavy atom. The first-order valence-electron chi connectivity index (χ1n) is 4.59. The van der Waals surface area contributed by atoms with Crippen molar-refractivity contribution in [2.75, 3.05) is 7.11 Å². The van der Waals surface area contributed by atoms with E-state index in [1.807, 2.05) is 6.92 Å². The lowest BCUT2D eigenvalue weighted by Gasteiger charge is -2.12. The minimum absolute atomic E-state index is 0.285. The van der Waals surface area contributed by atoms with Gasteiger partial charge in [-0.2, -0.15) is 0 Å². The number of rotatable bonds is 4. The molecule has 4 nitrogen and oxygen atoms in total. The summed E-state index contributed by atoms with van der Waals surface area (Å²) in [5, 5.41) is 18.2. The molecule has 1 aromatic carbocycles. The lowest BCUT2D eigenvalue weighted by atomic mass is 10.0. The van der Waals surface area contributed by atoms with Gasteiger partial charge in [0.2, 0.25) is 0 Å². The Hall–Kier alpha value is -1.55. The summed E-state index contributed by atoms with van der Waals surface area (Å²) in [7, 11) is 1.56. The molecule has 1 unspecified atom stereocenters. The van der Waals surface area contributed by atoms with Gasteiger partial charge >= 0.3 is 5.97 Å². The van der Waals surface area contributed by atoms with Gasteiger partial charge in [-0.15, -0.1) is 0 Å². The van der Waals surface area contributed by atoms with Gasteiger partial charge in [-0.25, -0.2) is 0 Å². The molecule has 0 aromatic heterocycles. The molecule has 1 atom stereocenters. The van der Waals surface area contributed by atoms with E-state index in [1.54, 1.807) is 25.3 Å². The number of carboxylic acid groups (broad SMARTS) is 1. The predicted molar refractivity (Wildman–Crippen MR) is 54.9 cm³/mol. The van der Waals surface area contributed by atoms with E-state index in [4.69, 9.17) is 9.84 Å². The van der Waals surface area contributed by atoms with E-state index in [0.29, 0.717) is 11.3 Å². The number of aliphatic hydroxyl groups excluding tert-OH is 1. The van der Waals surface area contributed by atoms with Gasteiger partial charge in [0.15, 0.2) is 0 Å². The van der Waals surface area contributed by atoms with Gasteiger partial charge in [0.25, 0.3) is 0 Å². The predicted octanol–water partition coefficient (Wildman–Crippen LogP) is 1.51. The largest absolute Gasteiger partial charge is 0.497 e. The number of aliphatic hydroxyl groups is 1. The summed E-state index contributed by atoms with van der Waals surface area (Å²) in [6, 6.07) is 5.15. The van der Waals surface area contributed by atoms with Gasteiger partial charge in [-0.05, 0) is 30.2 Å². The van der Waals surface area contributed by atoms with Crippen molar-refractivity contribution in [1.29, 1.82) is 0 Å². The highest BCUT2D eigenvalue weighted by Crippen LogP contribution is 2.24. The van der Waals surface area contributed by atoms with Gasteiger partial charge in [-0.1, -0.05) is 6.07 Å². The topological polar surface area (TPSA) is 66.8 Å². The van der Waals surface area contributed by atoms with Crippen molar-refractivity contribution in [1.82, 2.24) is 0 Å². The van der Waals surface area contributed by atoms with E-state index in [-0.39, 0.29) is 6.42 Å². The standard InChI is InChI=1S/C11H14O4/c1-7-5-8(15-2)3-4-9(7)10(12)6-11(13)14/h3-5,10,12H,6H2,1-2H3,(H,13,14). The number of hydrogen-bond acceptors (Lipinski definition) is 3. The Kier molecular flexibility index (Phi) is 3.68. The number of hydrogen-bond donors (Lipinski definition) is 2. The van der Waals surface area contributed by atoms with Crippen LogP contribution < -0.4 is 4.74 Å². The molecular weight excluding hydrogens is 196 g/mol. The highest BCUT2D eigenvalue weighted by molar-refractivity contribution is 5.67. The Morgan fingerprint density at radius 2 is 2.20 bits per heavy atom. The molecule has 1 rings (SSSR count). The lowest BCUT2D eigenvalue weighted by Crippen LogP contribution is -2.06. The number of methoxy groups -OCH3 is 1. The second-order valence-electron chi connectivity index (χ2n) is 3.34. The molecule has 0 fully saturated rings. The van der Waals surface area contributed by atoms with E-state index in [2.05, 4.69) is 0 Å². The first-order chi connectivity index (χ1) is 7.04. The van der Waals surface area contributed by atoms with Crippen LogP contribution in [0.15, 0.2) is 18.2 Å². The summed E-state index contributed by atoms with van der Waals surface area (Å²) in [5.41, 5.74) is 1.45. The summed E-state index contributed by atoms with van der Waals surface area (Å²) >= 11 is 0. The maximum Gasteiger partial charge on any atom is 0.306 e. The number of benzene rings is 1. The molecule has 0 aliphatic heterocycles. The summed E-state index contributed by atoms with van der Waals surface area (Å²) in [4.78, 5) is 10.4. The Balaban J connectivity index is 2.90. The van der Waals surface area contributed by atoms with Gasteiger partial charge in [0.1, 0.15) is 5.75 Å². The van der Waals surface area contributed by atoms with Gasteiger partial charge < -0.3 is 14.9 Å². The molecule has 0 saturated heterocycles. The first kappa shape index (κ1) is 11.5. The second kappa shape index (κ2) is 4.79. The molecule has 0 bridgehead atoms. The van der Waals surface area contributed by atoms with E-state index >= 15 is 0 Å². The second-order valence-corrected chi connectivity index (χ2v) is 3.34. The number of ether oxygens (including phenoxy) is 1. The fraction of sp³-hybridized carbons (Fsp3) is 0.364. The zero-order valence-corrected chi connectivity index (χ0v) is 8.73. The third-order valence-corrected chi connectivity index (χ3v) is 2.20. The van der Waals surface area contributed by atoms with Crippen LogP contribution in [-0.4, -0.2) is 23.3 Å². The van der Waals surface area contributed by atoms with Crippen molar-refractivity contribution in [3.63, 3.8) is 0 Å². The van der Waals surface area contributed by atoms with Crippen LogP contribution in [0.5, 0.6) is 5.75 Å². The average molecular weight is 210 g/mol. The molecule has 4 heteroatoms. The molecule has 0 spiro atoms. The van der Waals surface area contributed by atoms with E-state index in [9.17, 15) is 9.90 Å². The van der Waals surface area contributed by atoms with Crippen molar-refractivity contribution >= 4 is 5.97 Å². The molecule has 1 aromatic rings. The quantitative estimate of drug-likeness (QED) is 0.790. The van der Waals surface area contributed by atoms with E-state index < -0.39 is 12.1 Å². The van der Waals surface area contributed by atoms with Crippen LogP contribution in [0.2, 0.25) is 0 Å². The lowest BCUT2D eigenvalue weighted by molar-refractivity contribution is -0.139. The van der Waals surface area contributed by atoms with Crippen LogP contribution in [0, 0.1) is 6.92 Å². The maximum atomic E-state index is 10.4. The van der Waals surface area contributed by atoms with Crippen LogP contribution in [0.4, 0.5) is 0 Å². The van der Waals surface area contributed by atoms with Crippen LogP contribution in [0.25, 0.3) is 0 Å². The van der Waals surface area contributed by atoms with E-state index in [1.165, 1.54) is 0 Å². The fourth-order valence-electron chi connectivity index (χ4n) is 1.42. The van der Waals surface area contributed by atoms with Crippen LogP contribution in [0.3, 0.4) is 0 Å². The van der Waals surface area contributed by atoms with E-state index in [0.717, 1.165) is 5.56 Å². The zero-order valence-electron chi connectivity index (χ0n) is 8.73. The molecule has 0 aliphatic rings. The molecule has 0 heterocycles. The van der Waals surface area contributed by atoms with Gasteiger partial charge in [-0.3, -0.25) is 4.79 Å². The fourth-order valence-corrected chi connectivity index (χ4v) is 1.42. The smallest absolute Gasteiger partial charge is 0.306 e. The van der Waals surface area contributed by atoms with Crippen LogP contribution >= 0.6 is 0 Å². The molecule has 0 aliphatic carbocycles. The van der Waals surface area contributed by atoms with Crippen molar-refractivity contribution in [3.05, 3.63) is 29.3 Å². The number of aryl methyl sites for hydroxylation is 1. The minimum Gasteiger partial charge on any atom is -0.497 e. The third-order valence-electron chi connectivity index (χ3n) is 2.20. The normalized spacial score (nSPS) is 12.2. The molecule has 15 heavy (non-hydrogen) atoms. The van der Waals surface area contributed by atoms with Gasteiger partial charge in [0, 0.05) is 0 Å². The highest BCUT2D eigenvalue weighted by Gasteiger charge is 2.14. The Bertz CT molecular complexity index is 360. The highest BCUT2D eigenvalue weighted by atomic mass is 16.5. The maximum absolute atomic E-state index is 10.4. The Labute approximate surface area is 88.1 Å². The average Bonchev–Trinajstić information content (AvgIpc) is 2.16. The third kappa shape index (κ3) is 2.95. The molecule has 0 radical (unpaired) electrons. The summed E-state index contributed by atoms with van der Waals surface area (Å²) in [6.45, 7) is 1.81.